The maximum absolute atomic E-state index is 13.8. The molecule has 13 nitrogen and oxygen atoms in total. The number of methoxy groups -OCH3 is 2. The lowest BCUT2D eigenvalue weighted by atomic mass is 9.85. The van der Waals surface area contributed by atoms with Crippen molar-refractivity contribution in [3.63, 3.8) is 0 Å². The Hall–Kier alpha value is -5.01. The number of hydrazine groups is 1. The van der Waals surface area contributed by atoms with E-state index in [2.05, 4.69) is 26.4 Å². The van der Waals surface area contributed by atoms with Crippen LogP contribution in [0.2, 0.25) is 0 Å². The number of nitrogens with one attached hydrogen (secondary N) is 4. The normalized spacial score (nSPS) is 14.0. The van der Waals surface area contributed by atoms with Crippen LogP contribution in [0.4, 0.5) is 9.59 Å². The van der Waals surface area contributed by atoms with Crippen molar-refractivity contribution in [2.45, 2.75) is 78.7 Å². The van der Waals surface area contributed by atoms with Crippen LogP contribution in [-0.2, 0) is 32.0 Å². The van der Waals surface area contributed by atoms with Crippen LogP contribution in [0.3, 0.4) is 0 Å². The summed E-state index contributed by atoms with van der Waals surface area (Å²) in [6.45, 7) is 10.9. The van der Waals surface area contributed by atoms with Gasteiger partial charge in [0.15, 0.2) is 0 Å². The molecular formula is C38H52N6O7. The Labute approximate surface area is 300 Å². The number of alkyl carbamates (subject to hydrolysis) is 2. The van der Waals surface area contributed by atoms with Gasteiger partial charge in [0, 0.05) is 24.8 Å². The van der Waals surface area contributed by atoms with Gasteiger partial charge in [-0.25, -0.2) is 14.6 Å². The summed E-state index contributed by atoms with van der Waals surface area (Å²) >= 11 is 0. The minimum atomic E-state index is -1.22. The van der Waals surface area contributed by atoms with E-state index in [1.54, 1.807) is 32.0 Å². The van der Waals surface area contributed by atoms with E-state index in [-0.39, 0.29) is 19.5 Å². The summed E-state index contributed by atoms with van der Waals surface area (Å²) in [4.78, 5) is 56.3. The number of carbonyl (C=O) groups excluding carboxylic acids is 4. The first kappa shape index (κ1) is 40.4. The van der Waals surface area contributed by atoms with E-state index < -0.39 is 59.1 Å². The number of aromatic nitrogens is 1. The second-order valence-electron chi connectivity index (χ2n) is 14.5. The Balaban J connectivity index is 1.96. The standard InChI is InChI=1S/C38H52N6O7/c1-37(2,3)31(41-35(48)50-7)33(46)40-29(22-25-14-10-9-11-15-25)30(45)24-44(43-34(47)32(38(4,5)6)42-36(49)51-8)23-26-17-19-27(20-18-26)28-16-12-13-21-39-28/h9-21,29-32,45H,22-24H2,1-8H3,(H,40,46)(H,41,48)(H,42,49)(H,43,47)/t29-,30-,31-,32-/m1/s1. The number of hydrogen-bond donors (Lipinski definition) is 5. The fourth-order valence-corrected chi connectivity index (χ4v) is 5.38. The molecule has 0 fully saturated rings. The van der Waals surface area contributed by atoms with Crippen LogP contribution in [0, 0.1) is 10.8 Å². The van der Waals surface area contributed by atoms with E-state index >= 15 is 0 Å². The molecule has 2 aromatic carbocycles. The lowest BCUT2D eigenvalue weighted by molar-refractivity contribution is -0.132. The van der Waals surface area contributed by atoms with Crippen molar-refractivity contribution in [2.24, 2.45) is 10.8 Å². The summed E-state index contributed by atoms with van der Waals surface area (Å²) < 4.78 is 9.54. The third-order valence-electron chi connectivity index (χ3n) is 8.21. The number of benzene rings is 2. The van der Waals surface area contributed by atoms with E-state index in [1.807, 2.05) is 93.6 Å². The first-order valence-corrected chi connectivity index (χ1v) is 16.8. The number of hydrogen-bond acceptors (Lipinski definition) is 9. The van der Waals surface area contributed by atoms with Crippen LogP contribution in [-0.4, -0.2) is 84.1 Å². The zero-order valence-electron chi connectivity index (χ0n) is 30.7. The highest BCUT2D eigenvalue weighted by Gasteiger charge is 2.37. The third kappa shape index (κ3) is 12.7. The number of carbonyl (C=O) groups is 4. The molecule has 0 spiro atoms. The van der Waals surface area contributed by atoms with Crippen molar-refractivity contribution in [3.05, 3.63) is 90.1 Å². The lowest BCUT2D eigenvalue weighted by Gasteiger charge is -2.35. The van der Waals surface area contributed by atoms with Gasteiger partial charge in [-0.2, -0.15) is 0 Å². The number of ether oxygens (including phenoxy) is 2. The SMILES string of the molecule is COC(=O)N[C@H](C(=O)N[C@H](Cc1ccccc1)[C@H](O)CN(Cc1ccc(-c2ccccn2)cc1)NC(=O)[C@@H](NC(=O)OC)C(C)(C)C)C(C)(C)C. The predicted octanol–water partition coefficient (Wildman–Crippen LogP) is 4.21. The molecule has 0 saturated heterocycles. The van der Waals surface area contributed by atoms with Crippen molar-refractivity contribution in [1.29, 1.82) is 0 Å². The molecule has 0 radical (unpaired) electrons. The minimum Gasteiger partial charge on any atom is -0.453 e. The Morgan fingerprint density at radius 2 is 1.27 bits per heavy atom. The molecule has 3 aromatic rings. The number of aliphatic hydroxyl groups excluding tert-OH is 1. The van der Waals surface area contributed by atoms with E-state index in [9.17, 15) is 24.3 Å². The highest BCUT2D eigenvalue weighted by Crippen LogP contribution is 2.23. The van der Waals surface area contributed by atoms with Crippen LogP contribution < -0.4 is 21.4 Å². The molecule has 0 unspecified atom stereocenters. The Morgan fingerprint density at radius 3 is 1.78 bits per heavy atom. The van der Waals surface area contributed by atoms with Crippen LogP contribution in [0.15, 0.2) is 79.0 Å². The fraction of sp³-hybridized carbons (Fsp3) is 0.447. The van der Waals surface area contributed by atoms with Crippen LogP contribution in [0.5, 0.6) is 0 Å². The lowest BCUT2D eigenvalue weighted by Crippen LogP contribution is -2.60. The van der Waals surface area contributed by atoms with Crippen LogP contribution >= 0.6 is 0 Å². The summed E-state index contributed by atoms with van der Waals surface area (Å²) in [5.41, 5.74) is 4.88. The first-order valence-electron chi connectivity index (χ1n) is 16.8. The van der Waals surface area contributed by atoms with Gasteiger partial charge in [0.2, 0.25) is 5.91 Å². The molecule has 1 heterocycles. The Bertz CT molecular complexity index is 1570. The average molecular weight is 705 g/mol. The summed E-state index contributed by atoms with van der Waals surface area (Å²) in [5.74, 6) is -1.03. The van der Waals surface area contributed by atoms with E-state index in [4.69, 9.17) is 9.47 Å². The summed E-state index contributed by atoms with van der Waals surface area (Å²) in [6.07, 6.45) is -0.778. The van der Waals surface area contributed by atoms with Gasteiger partial charge < -0.3 is 30.5 Å². The molecule has 3 rings (SSSR count). The largest absolute Gasteiger partial charge is 0.453 e. The minimum absolute atomic E-state index is 0.120. The molecule has 0 aliphatic rings. The Morgan fingerprint density at radius 1 is 0.725 bits per heavy atom. The van der Waals surface area contributed by atoms with Crippen molar-refractivity contribution in [1.82, 2.24) is 31.4 Å². The number of aliphatic hydroxyl groups is 1. The van der Waals surface area contributed by atoms with Crippen molar-refractivity contribution in [3.8, 4) is 11.3 Å². The molecule has 5 N–H and O–H groups in total. The number of amides is 4. The van der Waals surface area contributed by atoms with Gasteiger partial charge in [-0.15, -0.1) is 0 Å². The van der Waals surface area contributed by atoms with E-state index in [0.29, 0.717) is 0 Å². The molecule has 0 saturated carbocycles. The van der Waals surface area contributed by atoms with Gasteiger partial charge in [0.05, 0.1) is 32.1 Å². The first-order chi connectivity index (χ1) is 24.0. The van der Waals surface area contributed by atoms with Crippen molar-refractivity contribution >= 4 is 24.0 Å². The van der Waals surface area contributed by atoms with Crippen LogP contribution in [0.25, 0.3) is 11.3 Å². The van der Waals surface area contributed by atoms with Crippen LogP contribution in [0.1, 0.15) is 52.7 Å². The zero-order chi connectivity index (χ0) is 37.8. The highest BCUT2D eigenvalue weighted by atomic mass is 16.5. The van der Waals surface area contributed by atoms with Gasteiger partial charge in [-0.1, -0.05) is 102 Å². The molecule has 13 heteroatoms. The molecule has 4 atom stereocenters. The molecule has 4 amide bonds. The van der Waals surface area contributed by atoms with Gasteiger partial charge in [0.25, 0.3) is 5.91 Å². The fourth-order valence-electron chi connectivity index (χ4n) is 5.38. The molecule has 276 valence electrons. The average Bonchev–Trinajstić information content (AvgIpc) is 3.08. The summed E-state index contributed by atoms with van der Waals surface area (Å²) in [6, 6.07) is 19.8. The monoisotopic (exact) mass is 704 g/mol. The molecule has 1 aromatic heterocycles. The van der Waals surface area contributed by atoms with Gasteiger partial charge in [-0.05, 0) is 40.5 Å². The molecule has 0 bridgehead atoms. The Kier molecular flexibility index (Phi) is 14.5. The number of pyridine rings is 1. The predicted molar refractivity (Wildman–Crippen MR) is 194 cm³/mol. The third-order valence-corrected chi connectivity index (χ3v) is 8.21. The smallest absolute Gasteiger partial charge is 0.407 e. The van der Waals surface area contributed by atoms with Gasteiger partial charge >= 0.3 is 12.2 Å². The molecule has 51 heavy (non-hydrogen) atoms. The zero-order valence-corrected chi connectivity index (χ0v) is 30.7. The van der Waals surface area contributed by atoms with Crippen molar-refractivity contribution < 1.29 is 33.8 Å². The van der Waals surface area contributed by atoms with Gasteiger partial charge in [-0.3, -0.25) is 20.0 Å². The second kappa shape index (κ2) is 18.3. The topological polar surface area (TPSA) is 171 Å². The van der Waals surface area contributed by atoms with Gasteiger partial charge in [0.1, 0.15) is 12.1 Å². The summed E-state index contributed by atoms with van der Waals surface area (Å²) in [5, 5.41) is 21.6. The van der Waals surface area contributed by atoms with Crippen molar-refractivity contribution in [2.75, 3.05) is 20.8 Å². The van der Waals surface area contributed by atoms with E-state index in [1.165, 1.54) is 14.2 Å². The molecule has 0 aliphatic heterocycles. The second-order valence-corrected chi connectivity index (χ2v) is 14.5. The van der Waals surface area contributed by atoms with E-state index in [0.717, 1.165) is 22.4 Å². The maximum Gasteiger partial charge on any atom is 0.407 e. The highest BCUT2D eigenvalue weighted by molar-refractivity contribution is 5.87. The summed E-state index contributed by atoms with van der Waals surface area (Å²) in [7, 11) is 2.44. The molecule has 0 aliphatic carbocycles. The quantitative estimate of drug-likeness (QED) is 0.154. The number of nitrogens with zero attached hydrogens (tertiary/aromatic N) is 2. The molecular weight excluding hydrogens is 652 g/mol. The maximum atomic E-state index is 13.8. The number of rotatable bonds is 14.